The van der Waals surface area contributed by atoms with Gasteiger partial charge in [-0.3, -0.25) is 9.52 Å². The second-order valence-electron chi connectivity index (χ2n) is 6.62. The molecule has 1 heterocycles. The van der Waals surface area contributed by atoms with Crippen molar-refractivity contribution in [1.29, 1.82) is 0 Å². The summed E-state index contributed by atoms with van der Waals surface area (Å²) in [5.74, 6) is 0.145. The number of rotatable bonds is 5. The lowest BCUT2D eigenvalue weighted by molar-refractivity contribution is 0.102. The number of hydrogen-bond donors (Lipinski definition) is 2. The van der Waals surface area contributed by atoms with Gasteiger partial charge in [0.25, 0.3) is 15.9 Å². The molecule has 28 heavy (non-hydrogen) atoms. The van der Waals surface area contributed by atoms with Crippen LogP contribution in [0.1, 0.15) is 27.0 Å². The third-order valence-corrected chi connectivity index (χ3v) is 5.71. The quantitative estimate of drug-likeness (QED) is 0.682. The number of benzene rings is 2. The molecule has 0 fully saturated rings. The maximum Gasteiger partial charge on any atom is 0.262 e. The molecule has 0 spiro atoms. The van der Waals surface area contributed by atoms with Crippen molar-refractivity contribution >= 4 is 27.4 Å². The second kappa shape index (κ2) is 7.82. The molecule has 3 aromatic rings. The number of anilines is 2. The van der Waals surface area contributed by atoms with Crippen molar-refractivity contribution in [1.82, 2.24) is 4.98 Å². The van der Waals surface area contributed by atoms with Crippen LogP contribution in [-0.4, -0.2) is 19.3 Å². The van der Waals surface area contributed by atoms with E-state index in [0.29, 0.717) is 22.6 Å². The number of amides is 1. The Morgan fingerprint density at radius 3 is 2.25 bits per heavy atom. The maximum atomic E-state index is 12.7. The number of carbonyl (C=O) groups is 1. The Bertz CT molecular complexity index is 1120. The molecule has 0 aliphatic carbocycles. The molecule has 0 radical (unpaired) electrons. The first-order valence-electron chi connectivity index (χ1n) is 8.69. The second-order valence-corrected chi connectivity index (χ2v) is 8.28. The van der Waals surface area contributed by atoms with Crippen LogP contribution in [0.2, 0.25) is 0 Å². The third kappa shape index (κ3) is 4.55. The molecule has 0 saturated carbocycles. The highest BCUT2D eigenvalue weighted by molar-refractivity contribution is 7.92. The number of aromatic nitrogens is 1. The summed E-state index contributed by atoms with van der Waals surface area (Å²) in [6.07, 6.45) is 1.62. The fourth-order valence-electron chi connectivity index (χ4n) is 2.69. The van der Waals surface area contributed by atoms with Crippen LogP contribution in [0.5, 0.6) is 0 Å². The molecule has 144 valence electrons. The lowest BCUT2D eigenvalue weighted by Crippen LogP contribution is -2.15. The van der Waals surface area contributed by atoms with Crippen molar-refractivity contribution in [2.24, 2.45) is 0 Å². The zero-order chi connectivity index (χ0) is 20.3. The smallest absolute Gasteiger partial charge is 0.262 e. The predicted octanol–water partition coefficient (Wildman–Crippen LogP) is 4.06. The number of hydrogen-bond acceptors (Lipinski definition) is 4. The molecule has 0 bridgehead atoms. The molecule has 7 heteroatoms. The lowest BCUT2D eigenvalue weighted by atomic mass is 10.2. The maximum absolute atomic E-state index is 12.7. The Labute approximate surface area is 164 Å². The topological polar surface area (TPSA) is 88.2 Å². The summed E-state index contributed by atoms with van der Waals surface area (Å²) in [7, 11) is -3.71. The zero-order valence-electron chi connectivity index (χ0n) is 15.9. The van der Waals surface area contributed by atoms with E-state index in [2.05, 4.69) is 15.0 Å². The average molecular weight is 395 g/mol. The molecule has 0 unspecified atom stereocenters. The predicted molar refractivity (Wildman–Crippen MR) is 110 cm³/mol. The van der Waals surface area contributed by atoms with Gasteiger partial charge in [-0.25, -0.2) is 13.4 Å². The van der Waals surface area contributed by atoms with Crippen LogP contribution in [0.4, 0.5) is 11.5 Å². The normalized spacial score (nSPS) is 11.1. The molecule has 0 aliphatic rings. The van der Waals surface area contributed by atoms with Gasteiger partial charge in [0.05, 0.1) is 4.90 Å². The summed E-state index contributed by atoms with van der Waals surface area (Å²) < 4.78 is 27.9. The third-order valence-electron chi connectivity index (χ3n) is 4.19. The minimum Gasteiger partial charge on any atom is -0.307 e. The molecule has 0 atom stereocenters. The van der Waals surface area contributed by atoms with Gasteiger partial charge < -0.3 is 5.32 Å². The number of nitrogens with zero attached hydrogens (tertiary/aromatic N) is 1. The van der Waals surface area contributed by atoms with Gasteiger partial charge in [-0.2, -0.15) is 0 Å². The van der Waals surface area contributed by atoms with Gasteiger partial charge in [0.1, 0.15) is 5.82 Å². The number of carbonyl (C=O) groups excluding carboxylic acids is 1. The Morgan fingerprint density at radius 2 is 1.57 bits per heavy atom. The largest absolute Gasteiger partial charge is 0.307 e. The SMILES string of the molecule is Cc1ccnc(NC(=O)c2ccc(NS(=O)(=O)c3cc(C)ccc3C)cc2)c1. The van der Waals surface area contributed by atoms with Crippen molar-refractivity contribution in [2.45, 2.75) is 25.7 Å². The van der Waals surface area contributed by atoms with Gasteiger partial charge in [0.2, 0.25) is 0 Å². The Kier molecular flexibility index (Phi) is 5.46. The monoisotopic (exact) mass is 395 g/mol. The van der Waals surface area contributed by atoms with Gasteiger partial charge in [0, 0.05) is 17.4 Å². The molecule has 0 aliphatic heterocycles. The van der Waals surface area contributed by atoms with Crippen LogP contribution in [-0.2, 0) is 10.0 Å². The zero-order valence-corrected chi connectivity index (χ0v) is 16.7. The molecule has 2 aromatic carbocycles. The highest BCUT2D eigenvalue weighted by Crippen LogP contribution is 2.21. The van der Waals surface area contributed by atoms with Gasteiger partial charge in [-0.05, 0) is 79.9 Å². The molecule has 2 N–H and O–H groups in total. The number of nitrogens with one attached hydrogen (secondary N) is 2. The van der Waals surface area contributed by atoms with Crippen molar-refractivity contribution in [2.75, 3.05) is 10.0 Å². The first-order valence-corrected chi connectivity index (χ1v) is 10.2. The van der Waals surface area contributed by atoms with Gasteiger partial charge >= 0.3 is 0 Å². The summed E-state index contributed by atoms with van der Waals surface area (Å²) in [6.45, 7) is 5.50. The lowest BCUT2D eigenvalue weighted by Gasteiger charge is -2.12. The summed E-state index contributed by atoms with van der Waals surface area (Å²) in [5, 5.41) is 2.72. The summed E-state index contributed by atoms with van der Waals surface area (Å²) in [5.41, 5.74) is 3.30. The highest BCUT2D eigenvalue weighted by Gasteiger charge is 2.17. The van der Waals surface area contributed by atoms with Gasteiger partial charge in [0.15, 0.2) is 0 Å². The summed E-state index contributed by atoms with van der Waals surface area (Å²) >= 11 is 0. The Morgan fingerprint density at radius 1 is 0.893 bits per heavy atom. The molecule has 1 amide bonds. The van der Waals surface area contributed by atoms with Crippen LogP contribution < -0.4 is 10.0 Å². The molecule has 1 aromatic heterocycles. The number of pyridine rings is 1. The average Bonchev–Trinajstić information content (AvgIpc) is 2.64. The van der Waals surface area contributed by atoms with Crippen LogP contribution in [0.3, 0.4) is 0 Å². The first-order chi connectivity index (χ1) is 13.2. The molecular weight excluding hydrogens is 374 g/mol. The van der Waals surface area contributed by atoms with Crippen molar-refractivity contribution in [3.05, 3.63) is 83.0 Å². The van der Waals surface area contributed by atoms with E-state index >= 15 is 0 Å². The fourth-order valence-corrected chi connectivity index (χ4v) is 4.08. The van der Waals surface area contributed by atoms with Gasteiger partial charge in [-0.1, -0.05) is 12.1 Å². The van der Waals surface area contributed by atoms with Crippen LogP contribution in [0.25, 0.3) is 0 Å². The Hall–Kier alpha value is -3.19. The van der Waals surface area contributed by atoms with E-state index in [0.717, 1.165) is 11.1 Å². The highest BCUT2D eigenvalue weighted by atomic mass is 32.2. The minimum atomic E-state index is -3.71. The minimum absolute atomic E-state index is 0.236. The van der Waals surface area contributed by atoms with Crippen molar-refractivity contribution < 1.29 is 13.2 Å². The van der Waals surface area contributed by atoms with E-state index in [4.69, 9.17) is 0 Å². The van der Waals surface area contributed by atoms with E-state index in [-0.39, 0.29) is 10.8 Å². The van der Waals surface area contributed by atoms with Crippen molar-refractivity contribution in [3.63, 3.8) is 0 Å². The Balaban J connectivity index is 1.75. The molecular formula is C21H21N3O3S. The molecule has 0 saturated heterocycles. The molecule has 6 nitrogen and oxygen atoms in total. The van der Waals surface area contributed by atoms with Crippen LogP contribution in [0, 0.1) is 20.8 Å². The number of aryl methyl sites for hydroxylation is 3. The molecule has 3 rings (SSSR count). The van der Waals surface area contributed by atoms with E-state index < -0.39 is 10.0 Å². The fraction of sp³-hybridized carbons (Fsp3) is 0.143. The van der Waals surface area contributed by atoms with Crippen LogP contribution >= 0.6 is 0 Å². The van der Waals surface area contributed by atoms with E-state index in [1.807, 2.05) is 26.0 Å². The van der Waals surface area contributed by atoms with E-state index in [9.17, 15) is 13.2 Å². The summed E-state index contributed by atoms with van der Waals surface area (Å²) in [6, 6.07) is 15.1. The summed E-state index contributed by atoms with van der Waals surface area (Å²) in [4.78, 5) is 16.7. The van der Waals surface area contributed by atoms with E-state index in [1.165, 1.54) is 0 Å². The number of sulfonamides is 1. The van der Waals surface area contributed by atoms with Crippen molar-refractivity contribution in [3.8, 4) is 0 Å². The van der Waals surface area contributed by atoms with Crippen LogP contribution in [0.15, 0.2) is 65.7 Å². The first kappa shape index (κ1) is 19.6. The van der Waals surface area contributed by atoms with E-state index in [1.54, 1.807) is 55.6 Å². The van der Waals surface area contributed by atoms with Gasteiger partial charge in [-0.15, -0.1) is 0 Å². The standard InChI is InChI=1S/C21H21N3O3S/c1-14-4-5-16(3)19(12-14)28(26,27)24-18-8-6-17(7-9-18)21(25)23-20-13-15(2)10-11-22-20/h4-13,24H,1-3H3,(H,22,23,25).